The van der Waals surface area contributed by atoms with Crippen LogP contribution in [0.25, 0.3) is 0 Å². The van der Waals surface area contributed by atoms with Gasteiger partial charge in [-0.05, 0) is 46.7 Å². The van der Waals surface area contributed by atoms with E-state index in [1.54, 1.807) is 6.20 Å². The maximum atomic E-state index is 7.46. The molecule has 0 saturated carbocycles. The Kier molecular flexibility index (Phi) is 4.87. The standard InChI is InChI=1S/C15H17BrN4/c1-20(10-14-6-5-13(16)8-19-14)9-11-3-2-4-12(7-11)15(17)18/h2-8H,9-10H2,1H3,(H3,17,18). The molecule has 20 heavy (non-hydrogen) atoms. The van der Waals surface area contributed by atoms with Gasteiger partial charge in [0.15, 0.2) is 0 Å². The van der Waals surface area contributed by atoms with Gasteiger partial charge in [-0.15, -0.1) is 0 Å². The summed E-state index contributed by atoms with van der Waals surface area (Å²) >= 11 is 3.38. The minimum absolute atomic E-state index is 0.101. The zero-order valence-electron chi connectivity index (χ0n) is 11.3. The number of nitrogens with two attached hydrogens (primary N) is 1. The van der Waals surface area contributed by atoms with Crippen LogP contribution in [0.15, 0.2) is 47.1 Å². The number of nitrogen functional groups attached to an aromatic ring is 1. The Labute approximate surface area is 127 Å². The fourth-order valence-electron chi connectivity index (χ4n) is 1.98. The lowest BCUT2D eigenvalue weighted by molar-refractivity contribution is 0.315. The number of hydrogen-bond donors (Lipinski definition) is 2. The third-order valence-electron chi connectivity index (χ3n) is 2.91. The molecule has 104 valence electrons. The van der Waals surface area contributed by atoms with Crippen molar-refractivity contribution in [3.8, 4) is 0 Å². The highest BCUT2D eigenvalue weighted by molar-refractivity contribution is 9.10. The Morgan fingerprint density at radius 3 is 2.75 bits per heavy atom. The fourth-order valence-corrected chi connectivity index (χ4v) is 2.22. The van der Waals surface area contributed by atoms with Gasteiger partial charge in [0.25, 0.3) is 0 Å². The van der Waals surface area contributed by atoms with Crippen molar-refractivity contribution in [2.75, 3.05) is 7.05 Å². The second kappa shape index (κ2) is 6.63. The Hall–Kier alpha value is -1.72. The summed E-state index contributed by atoms with van der Waals surface area (Å²) in [5, 5.41) is 7.46. The first-order valence-electron chi connectivity index (χ1n) is 6.27. The number of aromatic nitrogens is 1. The van der Waals surface area contributed by atoms with E-state index in [1.807, 2.05) is 43.4 Å². The van der Waals surface area contributed by atoms with E-state index in [1.165, 1.54) is 0 Å². The van der Waals surface area contributed by atoms with Gasteiger partial charge in [-0.25, -0.2) is 0 Å². The van der Waals surface area contributed by atoms with E-state index >= 15 is 0 Å². The molecule has 4 nitrogen and oxygen atoms in total. The summed E-state index contributed by atoms with van der Waals surface area (Å²) < 4.78 is 0.984. The number of hydrogen-bond acceptors (Lipinski definition) is 3. The van der Waals surface area contributed by atoms with Gasteiger partial charge in [0.1, 0.15) is 5.84 Å². The van der Waals surface area contributed by atoms with Gasteiger partial charge in [0, 0.05) is 29.3 Å². The molecule has 0 aliphatic carbocycles. The van der Waals surface area contributed by atoms with Crippen LogP contribution < -0.4 is 5.73 Å². The lowest BCUT2D eigenvalue weighted by atomic mass is 10.1. The van der Waals surface area contributed by atoms with Crippen molar-refractivity contribution in [2.24, 2.45) is 5.73 Å². The predicted octanol–water partition coefficient (Wildman–Crippen LogP) is 2.76. The molecule has 0 aliphatic rings. The lowest BCUT2D eigenvalue weighted by Gasteiger charge is -2.16. The molecule has 1 aromatic heterocycles. The van der Waals surface area contributed by atoms with Gasteiger partial charge in [-0.3, -0.25) is 15.3 Å². The molecule has 3 N–H and O–H groups in total. The highest BCUT2D eigenvalue weighted by atomic mass is 79.9. The first-order chi connectivity index (χ1) is 9.54. The van der Waals surface area contributed by atoms with Crippen molar-refractivity contribution >= 4 is 21.8 Å². The number of nitrogens with zero attached hydrogens (tertiary/aromatic N) is 2. The highest BCUT2D eigenvalue weighted by Crippen LogP contribution is 2.11. The Morgan fingerprint density at radius 1 is 1.30 bits per heavy atom. The third-order valence-corrected chi connectivity index (χ3v) is 3.38. The Bertz CT molecular complexity index is 595. The summed E-state index contributed by atoms with van der Waals surface area (Å²) in [6, 6.07) is 11.8. The maximum absolute atomic E-state index is 7.46. The molecule has 5 heteroatoms. The first-order valence-corrected chi connectivity index (χ1v) is 7.06. The summed E-state index contributed by atoms with van der Waals surface area (Å²) in [6.07, 6.45) is 1.81. The van der Waals surface area contributed by atoms with Crippen molar-refractivity contribution < 1.29 is 0 Å². The molecule has 0 amide bonds. The van der Waals surface area contributed by atoms with Gasteiger partial charge in [0.05, 0.1) is 5.69 Å². The molecular weight excluding hydrogens is 316 g/mol. The summed E-state index contributed by atoms with van der Waals surface area (Å²) in [6.45, 7) is 1.57. The number of rotatable bonds is 5. The molecule has 0 saturated heterocycles. The van der Waals surface area contributed by atoms with E-state index in [9.17, 15) is 0 Å². The summed E-state index contributed by atoms with van der Waals surface area (Å²) in [5.74, 6) is 0.101. The number of pyridine rings is 1. The van der Waals surface area contributed by atoms with E-state index in [0.717, 1.165) is 34.4 Å². The van der Waals surface area contributed by atoms with E-state index in [2.05, 4.69) is 25.8 Å². The van der Waals surface area contributed by atoms with Crippen molar-refractivity contribution in [1.82, 2.24) is 9.88 Å². The molecule has 0 unspecified atom stereocenters. The van der Waals surface area contributed by atoms with Crippen LogP contribution in [0.1, 0.15) is 16.8 Å². The van der Waals surface area contributed by atoms with Gasteiger partial charge >= 0.3 is 0 Å². The zero-order valence-corrected chi connectivity index (χ0v) is 12.9. The van der Waals surface area contributed by atoms with Crippen LogP contribution in [0.5, 0.6) is 0 Å². The van der Waals surface area contributed by atoms with Gasteiger partial charge < -0.3 is 5.73 Å². The normalized spacial score (nSPS) is 10.8. The minimum atomic E-state index is 0.101. The highest BCUT2D eigenvalue weighted by Gasteiger charge is 2.04. The van der Waals surface area contributed by atoms with E-state index in [4.69, 9.17) is 11.1 Å². The van der Waals surface area contributed by atoms with E-state index in [0.29, 0.717) is 0 Å². The average Bonchev–Trinajstić information content (AvgIpc) is 2.41. The smallest absolute Gasteiger partial charge is 0.122 e. The number of amidine groups is 1. The van der Waals surface area contributed by atoms with Crippen molar-refractivity contribution in [3.05, 3.63) is 63.9 Å². The predicted molar refractivity (Wildman–Crippen MR) is 84.6 cm³/mol. The fraction of sp³-hybridized carbons (Fsp3) is 0.200. The van der Waals surface area contributed by atoms with Crippen LogP contribution in [0.4, 0.5) is 0 Å². The number of halogens is 1. The molecule has 0 fully saturated rings. The van der Waals surface area contributed by atoms with Crippen molar-refractivity contribution in [1.29, 1.82) is 5.41 Å². The molecular formula is C15H17BrN4. The average molecular weight is 333 g/mol. The second-order valence-electron chi connectivity index (χ2n) is 4.75. The summed E-state index contributed by atoms with van der Waals surface area (Å²) in [5.41, 5.74) is 8.43. The van der Waals surface area contributed by atoms with Gasteiger partial charge in [0.2, 0.25) is 0 Å². The van der Waals surface area contributed by atoms with Gasteiger partial charge in [-0.1, -0.05) is 18.2 Å². The number of nitrogens with one attached hydrogen (secondary N) is 1. The lowest BCUT2D eigenvalue weighted by Crippen LogP contribution is -2.18. The molecule has 2 aromatic rings. The summed E-state index contributed by atoms with van der Waals surface area (Å²) in [4.78, 5) is 6.54. The largest absolute Gasteiger partial charge is 0.384 e. The molecule has 2 rings (SSSR count). The molecule has 0 radical (unpaired) electrons. The van der Waals surface area contributed by atoms with Crippen LogP contribution in [0, 0.1) is 5.41 Å². The van der Waals surface area contributed by atoms with Crippen LogP contribution in [0.2, 0.25) is 0 Å². The van der Waals surface area contributed by atoms with Gasteiger partial charge in [-0.2, -0.15) is 0 Å². The van der Waals surface area contributed by atoms with Crippen molar-refractivity contribution in [3.63, 3.8) is 0 Å². The van der Waals surface area contributed by atoms with Crippen LogP contribution >= 0.6 is 15.9 Å². The molecule has 0 spiro atoms. The molecule has 0 bridgehead atoms. The number of benzene rings is 1. The second-order valence-corrected chi connectivity index (χ2v) is 5.67. The molecule has 1 heterocycles. The molecule has 1 aromatic carbocycles. The quantitative estimate of drug-likeness (QED) is 0.653. The minimum Gasteiger partial charge on any atom is -0.384 e. The first kappa shape index (κ1) is 14.7. The monoisotopic (exact) mass is 332 g/mol. The Morgan fingerprint density at radius 2 is 2.10 bits per heavy atom. The van der Waals surface area contributed by atoms with Crippen LogP contribution in [0.3, 0.4) is 0 Å². The van der Waals surface area contributed by atoms with Crippen LogP contribution in [-0.2, 0) is 13.1 Å². The van der Waals surface area contributed by atoms with E-state index in [-0.39, 0.29) is 5.84 Å². The third kappa shape index (κ3) is 4.15. The summed E-state index contributed by atoms with van der Waals surface area (Å²) in [7, 11) is 2.05. The maximum Gasteiger partial charge on any atom is 0.122 e. The Balaban J connectivity index is 2.00. The topological polar surface area (TPSA) is 66.0 Å². The zero-order chi connectivity index (χ0) is 14.5. The molecule has 0 aliphatic heterocycles. The van der Waals surface area contributed by atoms with Crippen molar-refractivity contribution in [2.45, 2.75) is 13.1 Å². The van der Waals surface area contributed by atoms with E-state index < -0.39 is 0 Å². The molecule has 0 atom stereocenters. The SMILES string of the molecule is CN(Cc1cccc(C(=N)N)c1)Cc1ccc(Br)cn1. The van der Waals surface area contributed by atoms with Crippen LogP contribution in [-0.4, -0.2) is 22.8 Å².